The monoisotopic (exact) mass is 390 g/mol. The van der Waals surface area contributed by atoms with Gasteiger partial charge in [0.25, 0.3) is 5.91 Å². The van der Waals surface area contributed by atoms with Gasteiger partial charge in [-0.25, -0.2) is 8.78 Å². The number of nitrogens with one attached hydrogen (secondary N) is 2. The molecule has 1 heterocycles. The molecule has 2 N–H and O–H groups in total. The van der Waals surface area contributed by atoms with Crippen molar-refractivity contribution in [3.63, 3.8) is 0 Å². The van der Waals surface area contributed by atoms with Crippen LogP contribution in [0.1, 0.15) is 23.2 Å². The fourth-order valence-electron chi connectivity index (χ4n) is 3.36. The first-order valence-corrected chi connectivity index (χ1v) is 9.22. The molecule has 7 heteroatoms. The fraction of sp³-hybridized carbons (Fsp3) is 0.381. The van der Waals surface area contributed by atoms with Gasteiger partial charge in [0.05, 0.1) is 6.61 Å². The Bertz CT molecular complexity index is 800. The molecule has 0 aromatic heterocycles. The lowest BCUT2D eigenvalue weighted by Crippen LogP contribution is -2.47. The number of benzene rings is 2. The number of halogens is 2. The van der Waals surface area contributed by atoms with E-state index >= 15 is 0 Å². The smallest absolute Gasteiger partial charge is 0.251 e. The molecule has 1 aliphatic rings. The van der Waals surface area contributed by atoms with E-state index in [9.17, 15) is 13.6 Å². The maximum atomic E-state index is 13.7. The Kier molecular flexibility index (Phi) is 6.59. The lowest BCUT2D eigenvalue weighted by atomic mass is 9.79. The third-order valence-corrected chi connectivity index (χ3v) is 4.98. The Morgan fingerprint density at radius 3 is 2.50 bits per heavy atom. The first-order valence-electron chi connectivity index (χ1n) is 9.22. The summed E-state index contributed by atoms with van der Waals surface area (Å²) in [5.74, 6) is -1.36. The number of amides is 1. The number of ether oxygens (including phenoxy) is 2. The first-order chi connectivity index (χ1) is 13.5. The number of carbonyl (C=O) groups is 1. The molecule has 1 amide bonds. The van der Waals surface area contributed by atoms with E-state index in [1.807, 2.05) is 0 Å². The summed E-state index contributed by atoms with van der Waals surface area (Å²) < 4.78 is 37.4. The summed E-state index contributed by atoms with van der Waals surface area (Å²) in [5, 5.41) is 6.31. The minimum atomic E-state index is -0.785. The molecule has 2 aromatic carbocycles. The molecule has 2 aromatic rings. The van der Waals surface area contributed by atoms with E-state index in [0.29, 0.717) is 24.5 Å². The van der Waals surface area contributed by atoms with Gasteiger partial charge in [-0.05, 0) is 62.3 Å². The Morgan fingerprint density at radius 2 is 1.86 bits per heavy atom. The van der Waals surface area contributed by atoms with Gasteiger partial charge in [0.2, 0.25) is 0 Å². The van der Waals surface area contributed by atoms with Crippen LogP contribution < -0.4 is 15.4 Å². The summed E-state index contributed by atoms with van der Waals surface area (Å²) in [4.78, 5) is 12.5. The second-order valence-corrected chi connectivity index (χ2v) is 7.07. The number of piperidine rings is 1. The van der Waals surface area contributed by atoms with Crippen LogP contribution in [0.25, 0.3) is 0 Å². The summed E-state index contributed by atoms with van der Waals surface area (Å²) in [5.41, 5.74) is 0.423. The molecule has 1 fully saturated rings. The molecule has 0 atom stereocenters. The predicted molar refractivity (Wildman–Crippen MR) is 102 cm³/mol. The van der Waals surface area contributed by atoms with E-state index in [1.165, 1.54) is 6.07 Å². The largest absolute Gasteiger partial charge is 0.454 e. The van der Waals surface area contributed by atoms with Gasteiger partial charge in [-0.15, -0.1) is 0 Å². The van der Waals surface area contributed by atoms with E-state index in [4.69, 9.17) is 9.47 Å². The van der Waals surface area contributed by atoms with Crippen LogP contribution in [0.2, 0.25) is 0 Å². The third-order valence-electron chi connectivity index (χ3n) is 4.98. The highest BCUT2D eigenvalue weighted by Gasteiger charge is 2.32. The maximum absolute atomic E-state index is 13.7. The zero-order valence-electron chi connectivity index (χ0n) is 15.8. The van der Waals surface area contributed by atoms with Gasteiger partial charge in [0.1, 0.15) is 11.6 Å². The molecule has 0 spiro atoms. The molecule has 0 aliphatic carbocycles. The van der Waals surface area contributed by atoms with Crippen molar-refractivity contribution in [1.82, 2.24) is 10.6 Å². The van der Waals surface area contributed by atoms with E-state index in [2.05, 4.69) is 10.6 Å². The molecule has 5 nitrogen and oxygen atoms in total. The normalized spacial score (nSPS) is 15.8. The van der Waals surface area contributed by atoms with Gasteiger partial charge in [-0.1, -0.05) is 0 Å². The van der Waals surface area contributed by atoms with Crippen LogP contribution in [-0.4, -0.2) is 39.3 Å². The third kappa shape index (κ3) is 5.05. The van der Waals surface area contributed by atoms with Gasteiger partial charge in [0.15, 0.2) is 11.6 Å². The number of methoxy groups -OCH3 is 1. The lowest BCUT2D eigenvalue weighted by Gasteiger charge is -2.37. The minimum Gasteiger partial charge on any atom is -0.454 e. The number of carbonyl (C=O) groups excluding carboxylic acids is 1. The average Bonchev–Trinajstić information content (AvgIpc) is 2.70. The molecule has 0 radical (unpaired) electrons. The van der Waals surface area contributed by atoms with Crippen LogP contribution in [0.5, 0.6) is 11.5 Å². The molecule has 0 unspecified atom stereocenters. The van der Waals surface area contributed by atoms with E-state index in [0.717, 1.165) is 38.1 Å². The minimum absolute atomic E-state index is 0.0567. The van der Waals surface area contributed by atoms with Crippen LogP contribution in [0.3, 0.4) is 0 Å². The second kappa shape index (κ2) is 9.12. The highest BCUT2D eigenvalue weighted by atomic mass is 19.1. The van der Waals surface area contributed by atoms with Gasteiger partial charge in [-0.3, -0.25) is 4.79 Å². The van der Waals surface area contributed by atoms with Gasteiger partial charge in [0, 0.05) is 30.7 Å². The van der Waals surface area contributed by atoms with Crippen molar-refractivity contribution in [2.75, 3.05) is 33.4 Å². The van der Waals surface area contributed by atoms with Gasteiger partial charge < -0.3 is 20.1 Å². The molecule has 1 saturated heterocycles. The Hall–Kier alpha value is -2.51. The molecule has 3 rings (SSSR count). The molecule has 1 aliphatic heterocycles. The molecular formula is C21H24F2N2O3. The van der Waals surface area contributed by atoms with Gasteiger partial charge >= 0.3 is 0 Å². The van der Waals surface area contributed by atoms with Crippen LogP contribution in [0, 0.1) is 17.0 Å². The summed E-state index contributed by atoms with van der Waals surface area (Å²) >= 11 is 0. The van der Waals surface area contributed by atoms with Gasteiger partial charge in [-0.2, -0.15) is 0 Å². The fourth-order valence-corrected chi connectivity index (χ4v) is 3.36. The van der Waals surface area contributed by atoms with E-state index in [-0.39, 0.29) is 17.1 Å². The van der Waals surface area contributed by atoms with Crippen molar-refractivity contribution in [2.45, 2.75) is 12.8 Å². The number of rotatable bonds is 7. The lowest BCUT2D eigenvalue weighted by molar-refractivity contribution is 0.0512. The predicted octanol–water partition coefficient (Wildman–Crippen LogP) is 3.50. The van der Waals surface area contributed by atoms with Crippen LogP contribution in [-0.2, 0) is 4.74 Å². The van der Waals surface area contributed by atoms with Crippen molar-refractivity contribution in [3.05, 3.63) is 59.7 Å². The number of hydrogen-bond donors (Lipinski definition) is 2. The summed E-state index contributed by atoms with van der Waals surface area (Å²) in [6.07, 6.45) is 1.88. The van der Waals surface area contributed by atoms with E-state index in [1.54, 1.807) is 31.4 Å². The topological polar surface area (TPSA) is 59.6 Å². The SMILES string of the molecule is COCC1(CNC(=O)c2ccc(Oc3ccc(F)cc3F)cc2)CCNCC1. The maximum Gasteiger partial charge on any atom is 0.251 e. The molecular weight excluding hydrogens is 366 g/mol. The van der Waals surface area contributed by atoms with Crippen molar-refractivity contribution in [1.29, 1.82) is 0 Å². The molecule has 150 valence electrons. The highest BCUT2D eigenvalue weighted by molar-refractivity contribution is 5.94. The quantitative estimate of drug-likeness (QED) is 0.760. The summed E-state index contributed by atoms with van der Waals surface area (Å²) in [7, 11) is 1.67. The second-order valence-electron chi connectivity index (χ2n) is 7.07. The standard InChI is InChI=1S/C21H24F2N2O3/c1-27-14-21(8-10-24-11-9-21)13-25-20(26)15-2-5-17(6-3-15)28-19-7-4-16(22)12-18(19)23/h2-7,12,24H,8-11,13-14H2,1H3,(H,25,26). The van der Waals surface area contributed by atoms with Crippen LogP contribution in [0.4, 0.5) is 8.78 Å². The molecule has 0 saturated carbocycles. The van der Waals surface area contributed by atoms with E-state index < -0.39 is 11.6 Å². The highest BCUT2D eigenvalue weighted by Crippen LogP contribution is 2.29. The zero-order valence-corrected chi connectivity index (χ0v) is 15.8. The molecule has 0 bridgehead atoms. The Balaban J connectivity index is 1.60. The number of hydrogen-bond acceptors (Lipinski definition) is 4. The zero-order chi connectivity index (χ0) is 20.0. The van der Waals surface area contributed by atoms with Crippen molar-refractivity contribution in [3.8, 4) is 11.5 Å². The van der Waals surface area contributed by atoms with Crippen LogP contribution >= 0.6 is 0 Å². The van der Waals surface area contributed by atoms with Crippen molar-refractivity contribution in [2.24, 2.45) is 5.41 Å². The Labute approximate surface area is 163 Å². The van der Waals surface area contributed by atoms with Crippen molar-refractivity contribution < 1.29 is 23.0 Å². The van der Waals surface area contributed by atoms with Crippen LogP contribution in [0.15, 0.2) is 42.5 Å². The average molecular weight is 390 g/mol. The summed E-state index contributed by atoms with van der Waals surface area (Å²) in [6, 6.07) is 9.47. The van der Waals surface area contributed by atoms with Crippen molar-refractivity contribution >= 4 is 5.91 Å². The Morgan fingerprint density at radius 1 is 1.14 bits per heavy atom. The molecule has 28 heavy (non-hydrogen) atoms. The summed E-state index contributed by atoms with van der Waals surface area (Å²) in [6.45, 7) is 2.96. The first kappa shape index (κ1) is 20.2.